The maximum atomic E-state index is 11.9. The van der Waals surface area contributed by atoms with Crippen LogP contribution in [0.25, 0.3) is 0 Å². The number of ether oxygens (including phenoxy) is 1. The van der Waals surface area contributed by atoms with Crippen LogP contribution < -0.4 is 15.8 Å². The maximum Gasteiger partial charge on any atom is 0.258 e. The monoisotopic (exact) mass is 294 g/mol. The number of hydrogen-bond acceptors (Lipinski definition) is 3. The lowest BCUT2D eigenvalue weighted by molar-refractivity contribution is -0.124. The minimum absolute atomic E-state index is 0.0488. The first-order chi connectivity index (χ1) is 9.35. The molecule has 3 N–H and O–H groups in total. The Morgan fingerprint density at radius 1 is 1.40 bits per heavy atom. The highest BCUT2D eigenvalue weighted by molar-refractivity contribution is 7.80. The van der Waals surface area contributed by atoms with Crippen LogP contribution >= 0.6 is 12.2 Å². The van der Waals surface area contributed by atoms with Gasteiger partial charge in [0.1, 0.15) is 10.7 Å². The Labute approximate surface area is 125 Å². The third-order valence-electron chi connectivity index (χ3n) is 2.86. The van der Waals surface area contributed by atoms with E-state index < -0.39 is 0 Å². The first kappa shape index (κ1) is 16.4. The highest BCUT2D eigenvalue weighted by Gasteiger charge is 2.19. The standard InChI is InChI=1S/C15H22N2O2S/c1-4-9-15(2,3)17-13(18)10-19-12-8-6-5-7-11(12)14(16)20/h5-8H,4,9-10H2,1-3H3,(H2,16,20)(H,17,18). The van der Waals surface area contributed by atoms with Crippen molar-refractivity contribution in [1.29, 1.82) is 0 Å². The largest absolute Gasteiger partial charge is 0.483 e. The summed E-state index contributed by atoms with van der Waals surface area (Å²) in [6.45, 7) is 6.03. The van der Waals surface area contributed by atoms with Crippen molar-refractivity contribution < 1.29 is 9.53 Å². The van der Waals surface area contributed by atoms with Crippen LogP contribution in [0.2, 0.25) is 0 Å². The van der Waals surface area contributed by atoms with Gasteiger partial charge in [-0.2, -0.15) is 0 Å². The average molecular weight is 294 g/mol. The van der Waals surface area contributed by atoms with Crippen LogP contribution in [0, 0.1) is 0 Å². The van der Waals surface area contributed by atoms with Crippen molar-refractivity contribution in [1.82, 2.24) is 5.32 Å². The molecule has 0 spiro atoms. The van der Waals surface area contributed by atoms with Gasteiger partial charge in [0.25, 0.3) is 5.91 Å². The van der Waals surface area contributed by atoms with Gasteiger partial charge in [-0.15, -0.1) is 0 Å². The zero-order chi connectivity index (χ0) is 15.2. The summed E-state index contributed by atoms with van der Waals surface area (Å²) in [5, 5.41) is 2.95. The fraction of sp³-hybridized carbons (Fsp3) is 0.467. The summed E-state index contributed by atoms with van der Waals surface area (Å²) in [7, 11) is 0. The lowest BCUT2D eigenvalue weighted by Crippen LogP contribution is -2.45. The first-order valence-corrected chi connectivity index (χ1v) is 7.09. The number of carbonyl (C=O) groups excluding carboxylic acids is 1. The van der Waals surface area contributed by atoms with Gasteiger partial charge >= 0.3 is 0 Å². The Balaban J connectivity index is 2.60. The summed E-state index contributed by atoms with van der Waals surface area (Å²) < 4.78 is 5.50. The molecule has 0 radical (unpaired) electrons. The van der Waals surface area contributed by atoms with Crippen molar-refractivity contribution in [2.75, 3.05) is 6.61 Å². The number of para-hydroxylation sites is 1. The molecule has 0 saturated carbocycles. The Kier molecular flexibility index (Phi) is 5.95. The molecule has 1 rings (SSSR count). The number of rotatable bonds is 7. The third kappa shape index (κ3) is 5.17. The van der Waals surface area contributed by atoms with Gasteiger partial charge in [0.05, 0.1) is 5.56 Å². The van der Waals surface area contributed by atoms with Crippen LogP contribution in [0.5, 0.6) is 5.75 Å². The second-order valence-electron chi connectivity index (χ2n) is 5.33. The molecule has 4 nitrogen and oxygen atoms in total. The summed E-state index contributed by atoms with van der Waals surface area (Å²) in [5.41, 5.74) is 6.03. The molecule has 0 aliphatic heterocycles. The molecular weight excluding hydrogens is 272 g/mol. The van der Waals surface area contributed by atoms with Gasteiger partial charge in [0, 0.05) is 5.54 Å². The second kappa shape index (κ2) is 7.24. The highest BCUT2D eigenvalue weighted by Crippen LogP contribution is 2.17. The topological polar surface area (TPSA) is 64.3 Å². The molecule has 0 bridgehead atoms. The molecule has 0 fully saturated rings. The Bertz CT molecular complexity index is 487. The Morgan fingerprint density at radius 3 is 2.65 bits per heavy atom. The quantitative estimate of drug-likeness (QED) is 0.758. The molecule has 1 aromatic carbocycles. The lowest BCUT2D eigenvalue weighted by atomic mass is 9.99. The fourth-order valence-electron chi connectivity index (χ4n) is 2.04. The number of benzene rings is 1. The van der Waals surface area contributed by atoms with Gasteiger partial charge in [-0.1, -0.05) is 37.7 Å². The smallest absolute Gasteiger partial charge is 0.258 e. The minimum atomic E-state index is -0.224. The number of nitrogens with two attached hydrogens (primary N) is 1. The van der Waals surface area contributed by atoms with E-state index in [1.54, 1.807) is 12.1 Å². The number of carbonyl (C=O) groups is 1. The Morgan fingerprint density at radius 2 is 2.05 bits per heavy atom. The van der Waals surface area contributed by atoms with E-state index in [-0.39, 0.29) is 23.0 Å². The van der Waals surface area contributed by atoms with E-state index in [0.717, 1.165) is 12.8 Å². The molecule has 5 heteroatoms. The van der Waals surface area contributed by atoms with Gasteiger partial charge in [0.2, 0.25) is 0 Å². The highest BCUT2D eigenvalue weighted by atomic mass is 32.1. The van der Waals surface area contributed by atoms with E-state index in [1.807, 2.05) is 26.0 Å². The molecule has 0 unspecified atom stereocenters. The minimum Gasteiger partial charge on any atom is -0.483 e. The van der Waals surface area contributed by atoms with E-state index in [9.17, 15) is 4.79 Å². The fourth-order valence-corrected chi connectivity index (χ4v) is 2.21. The van der Waals surface area contributed by atoms with Gasteiger partial charge in [0.15, 0.2) is 6.61 Å². The molecule has 110 valence electrons. The van der Waals surface area contributed by atoms with Crippen molar-refractivity contribution in [3.05, 3.63) is 29.8 Å². The SMILES string of the molecule is CCCC(C)(C)NC(=O)COc1ccccc1C(N)=S. The van der Waals surface area contributed by atoms with Crippen molar-refractivity contribution in [2.45, 2.75) is 39.2 Å². The average Bonchev–Trinajstić information content (AvgIpc) is 2.35. The van der Waals surface area contributed by atoms with Crippen LogP contribution in [0.15, 0.2) is 24.3 Å². The van der Waals surface area contributed by atoms with Crippen LogP contribution in [0.3, 0.4) is 0 Å². The van der Waals surface area contributed by atoms with Gasteiger partial charge < -0.3 is 15.8 Å². The third-order valence-corrected chi connectivity index (χ3v) is 3.08. The van der Waals surface area contributed by atoms with Crippen molar-refractivity contribution in [3.63, 3.8) is 0 Å². The zero-order valence-electron chi connectivity index (χ0n) is 12.2. The van der Waals surface area contributed by atoms with Crippen LogP contribution in [0.4, 0.5) is 0 Å². The van der Waals surface area contributed by atoms with Crippen LogP contribution in [0.1, 0.15) is 39.2 Å². The van der Waals surface area contributed by atoms with Gasteiger partial charge in [-0.25, -0.2) is 0 Å². The number of hydrogen-bond donors (Lipinski definition) is 2. The summed E-state index contributed by atoms with van der Waals surface area (Å²) in [6.07, 6.45) is 1.93. The molecule has 0 heterocycles. The lowest BCUT2D eigenvalue weighted by Gasteiger charge is -2.25. The molecule has 0 atom stereocenters. The normalized spacial score (nSPS) is 10.9. The Hall–Kier alpha value is -1.62. The predicted octanol–water partition coefficient (Wildman–Crippen LogP) is 2.39. The van der Waals surface area contributed by atoms with E-state index in [1.165, 1.54) is 0 Å². The molecule has 0 saturated heterocycles. The summed E-state index contributed by atoms with van der Waals surface area (Å²) in [6, 6.07) is 7.16. The van der Waals surface area contributed by atoms with Crippen molar-refractivity contribution >= 4 is 23.1 Å². The first-order valence-electron chi connectivity index (χ1n) is 6.68. The van der Waals surface area contributed by atoms with Crippen molar-refractivity contribution in [3.8, 4) is 5.75 Å². The molecule has 0 aliphatic carbocycles. The molecular formula is C15H22N2O2S. The molecule has 20 heavy (non-hydrogen) atoms. The van der Waals surface area contributed by atoms with E-state index in [2.05, 4.69) is 12.2 Å². The molecule has 0 aliphatic rings. The number of amides is 1. The summed E-state index contributed by atoms with van der Waals surface area (Å²) in [5.74, 6) is 0.379. The summed E-state index contributed by atoms with van der Waals surface area (Å²) >= 11 is 4.95. The van der Waals surface area contributed by atoms with Crippen molar-refractivity contribution in [2.24, 2.45) is 5.73 Å². The van der Waals surface area contributed by atoms with Gasteiger partial charge in [-0.05, 0) is 32.4 Å². The van der Waals surface area contributed by atoms with Crippen LogP contribution in [-0.4, -0.2) is 23.0 Å². The zero-order valence-corrected chi connectivity index (χ0v) is 13.0. The van der Waals surface area contributed by atoms with E-state index in [4.69, 9.17) is 22.7 Å². The predicted molar refractivity (Wildman–Crippen MR) is 85.0 cm³/mol. The van der Waals surface area contributed by atoms with Crippen LogP contribution in [-0.2, 0) is 4.79 Å². The molecule has 0 aromatic heterocycles. The van der Waals surface area contributed by atoms with E-state index >= 15 is 0 Å². The summed E-state index contributed by atoms with van der Waals surface area (Å²) in [4.78, 5) is 12.1. The van der Waals surface area contributed by atoms with E-state index in [0.29, 0.717) is 11.3 Å². The molecule has 1 aromatic rings. The van der Waals surface area contributed by atoms with Gasteiger partial charge in [-0.3, -0.25) is 4.79 Å². The maximum absolute atomic E-state index is 11.9. The second-order valence-corrected chi connectivity index (χ2v) is 5.77. The number of nitrogens with one attached hydrogen (secondary N) is 1. The molecule has 1 amide bonds. The number of thiocarbonyl (C=S) groups is 1.